The van der Waals surface area contributed by atoms with Crippen LogP contribution >= 0.6 is 11.6 Å². The van der Waals surface area contributed by atoms with Crippen molar-refractivity contribution in [2.24, 2.45) is 0 Å². The van der Waals surface area contributed by atoms with Crippen molar-refractivity contribution in [1.82, 2.24) is 29.9 Å². The third kappa shape index (κ3) is 4.19. The van der Waals surface area contributed by atoms with E-state index >= 15 is 0 Å². The van der Waals surface area contributed by atoms with E-state index in [1.54, 1.807) is 16.7 Å². The fourth-order valence-electron chi connectivity index (χ4n) is 3.95. The Morgan fingerprint density at radius 1 is 1.09 bits per heavy atom. The number of anilines is 1. The summed E-state index contributed by atoms with van der Waals surface area (Å²) in [5, 5.41) is 19.8. The number of nitro benzene ring substituents is 1. The number of methoxy groups -OCH3 is 1. The molecule has 1 amide bonds. The molecule has 4 aromatic rings. The summed E-state index contributed by atoms with van der Waals surface area (Å²) in [6.07, 6.45) is 1.46. The van der Waals surface area contributed by atoms with Gasteiger partial charge in [-0.05, 0) is 30.3 Å². The highest BCUT2D eigenvalue weighted by Gasteiger charge is 2.27. The van der Waals surface area contributed by atoms with Gasteiger partial charge in [0.2, 0.25) is 0 Å². The van der Waals surface area contributed by atoms with Crippen molar-refractivity contribution in [3.63, 3.8) is 0 Å². The quantitative estimate of drug-likeness (QED) is 0.303. The first-order chi connectivity index (χ1) is 17.0. The first-order valence-electron chi connectivity index (χ1n) is 10.7. The molecule has 12 nitrogen and oxygen atoms in total. The normalized spacial score (nSPS) is 13.8. The van der Waals surface area contributed by atoms with E-state index in [1.165, 1.54) is 24.5 Å². The van der Waals surface area contributed by atoms with Crippen LogP contribution in [0.1, 0.15) is 10.4 Å². The number of hydrogen-bond donors (Lipinski definition) is 0. The number of ether oxygens (including phenoxy) is 1. The van der Waals surface area contributed by atoms with Crippen molar-refractivity contribution in [1.29, 1.82) is 0 Å². The van der Waals surface area contributed by atoms with Gasteiger partial charge >= 0.3 is 0 Å². The van der Waals surface area contributed by atoms with E-state index in [1.807, 2.05) is 29.2 Å². The molecule has 0 radical (unpaired) electrons. The van der Waals surface area contributed by atoms with Gasteiger partial charge in [-0.3, -0.25) is 14.9 Å². The maximum absolute atomic E-state index is 13.0. The second kappa shape index (κ2) is 9.14. The zero-order chi connectivity index (χ0) is 24.5. The van der Waals surface area contributed by atoms with Crippen LogP contribution in [0.15, 0.2) is 48.8 Å². The fraction of sp³-hybridized carbons (Fsp3) is 0.227. The van der Waals surface area contributed by atoms with Crippen LogP contribution in [-0.4, -0.2) is 74.0 Å². The van der Waals surface area contributed by atoms with Crippen LogP contribution in [0.5, 0.6) is 5.75 Å². The number of hydrogen-bond acceptors (Lipinski definition) is 9. The van der Waals surface area contributed by atoms with Crippen LogP contribution in [0.4, 0.5) is 11.5 Å². The predicted molar refractivity (Wildman–Crippen MR) is 127 cm³/mol. The first-order valence-corrected chi connectivity index (χ1v) is 11.0. The number of carbonyl (C=O) groups is 1. The molecule has 1 fully saturated rings. The summed E-state index contributed by atoms with van der Waals surface area (Å²) in [6, 6.07) is 11.2. The van der Waals surface area contributed by atoms with Crippen molar-refractivity contribution in [2.45, 2.75) is 0 Å². The van der Waals surface area contributed by atoms with E-state index < -0.39 is 4.92 Å². The summed E-state index contributed by atoms with van der Waals surface area (Å²) < 4.78 is 6.84. The fourth-order valence-corrected chi connectivity index (χ4v) is 4.15. The lowest BCUT2D eigenvalue weighted by molar-refractivity contribution is -0.384. The maximum atomic E-state index is 13.0. The Balaban J connectivity index is 1.35. The summed E-state index contributed by atoms with van der Waals surface area (Å²) in [6.45, 7) is 1.74. The standard InChI is InChI=1S/C22H19ClN8O4/c1-35-16-5-2-14(3-6-16)30-21-19(26-27-30)20(24-13-25-21)28-8-10-29(11-9-28)22(32)17-12-15(31(33)34)4-7-18(17)23/h2-7,12-13H,8-11H2,1H3. The number of halogens is 1. The monoisotopic (exact) mass is 494 g/mol. The first kappa shape index (κ1) is 22.5. The molecule has 2 aromatic heterocycles. The van der Waals surface area contributed by atoms with Crippen molar-refractivity contribution < 1.29 is 14.5 Å². The molecule has 0 unspecified atom stereocenters. The Bertz CT molecular complexity index is 1420. The molecule has 1 aliphatic rings. The SMILES string of the molecule is COc1ccc(-n2nnc3c(N4CCN(C(=O)c5cc([N+](=O)[O-])ccc5Cl)CC4)ncnc32)cc1. The Labute approximate surface area is 203 Å². The second-order valence-electron chi connectivity index (χ2n) is 7.77. The number of piperazine rings is 1. The molecule has 0 atom stereocenters. The molecular formula is C22H19ClN8O4. The number of rotatable bonds is 5. The number of nitro groups is 1. The van der Waals surface area contributed by atoms with Crippen molar-refractivity contribution in [3.05, 3.63) is 69.5 Å². The van der Waals surface area contributed by atoms with Crippen LogP contribution in [0.25, 0.3) is 16.9 Å². The minimum absolute atomic E-state index is 0.112. The minimum atomic E-state index is -0.551. The van der Waals surface area contributed by atoms with Crippen LogP contribution < -0.4 is 9.64 Å². The summed E-state index contributed by atoms with van der Waals surface area (Å²) in [7, 11) is 1.60. The van der Waals surface area contributed by atoms with Gasteiger partial charge in [0.05, 0.1) is 28.3 Å². The lowest BCUT2D eigenvalue weighted by Gasteiger charge is -2.35. The van der Waals surface area contributed by atoms with E-state index in [0.29, 0.717) is 43.2 Å². The summed E-state index contributed by atoms with van der Waals surface area (Å²) in [4.78, 5) is 35.9. The van der Waals surface area contributed by atoms with Gasteiger partial charge in [0.25, 0.3) is 11.6 Å². The molecule has 35 heavy (non-hydrogen) atoms. The summed E-state index contributed by atoms with van der Waals surface area (Å²) in [5.74, 6) is 0.999. The summed E-state index contributed by atoms with van der Waals surface area (Å²) >= 11 is 6.15. The Kier molecular flexibility index (Phi) is 5.87. The van der Waals surface area contributed by atoms with Gasteiger partial charge in [-0.1, -0.05) is 16.8 Å². The molecule has 0 N–H and O–H groups in total. The molecule has 0 aliphatic carbocycles. The van der Waals surface area contributed by atoms with E-state index in [-0.39, 0.29) is 22.2 Å². The molecule has 0 saturated carbocycles. The summed E-state index contributed by atoms with van der Waals surface area (Å²) in [5.41, 5.74) is 1.81. The van der Waals surface area contributed by atoms with E-state index in [9.17, 15) is 14.9 Å². The van der Waals surface area contributed by atoms with Gasteiger partial charge in [0.1, 0.15) is 12.1 Å². The van der Waals surface area contributed by atoms with Crippen LogP contribution in [0, 0.1) is 10.1 Å². The van der Waals surface area contributed by atoms with E-state index in [0.717, 1.165) is 11.4 Å². The average Bonchev–Trinajstić information content (AvgIpc) is 3.33. The number of nitrogens with zero attached hydrogens (tertiary/aromatic N) is 8. The number of aromatic nitrogens is 5. The molecule has 13 heteroatoms. The number of fused-ring (bicyclic) bond motifs is 1. The van der Waals surface area contributed by atoms with Gasteiger partial charge < -0.3 is 14.5 Å². The van der Waals surface area contributed by atoms with Gasteiger partial charge in [0, 0.05) is 38.3 Å². The highest BCUT2D eigenvalue weighted by molar-refractivity contribution is 6.33. The Morgan fingerprint density at radius 3 is 2.51 bits per heavy atom. The molecule has 3 heterocycles. The molecule has 2 aromatic carbocycles. The molecule has 178 valence electrons. The zero-order valence-corrected chi connectivity index (χ0v) is 19.3. The van der Waals surface area contributed by atoms with Crippen molar-refractivity contribution in [2.75, 3.05) is 38.2 Å². The number of amides is 1. The maximum Gasteiger partial charge on any atom is 0.270 e. The number of carbonyl (C=O) groups excluding carboxylic acids is 1. The van der Waals surface area contributed by atoms with E-state index in [2.05, 4.69) is 20.3 Å². The predicted octanol–water partition coefficient (Wildman–Crippen LogP) is 2.74. The van der Waals surface area contributed by atoms with Gasteiger partial charge in [-0.15, -0.1) is 5.10 Å². The smallest absolute Gasteiger partial charge is 0.270 e. The van der Waals surface area contributed by atoms with Crippen molar-refractivity contribution in [3.8, 4) is 11.4 Å². The highest BCUT2D eigenvalue weighted by atomic mass is 35.5. The average molecular weight is 495 g/mol. The van der Waals surface area contributed by atoms with Crippen molar-refractivity contribution >= 4 is 40.2 Å². The van der Waals surface area contributed by atoms with E-state index in [4.69, 9.17) is 16.3 Å². The molecule has 5 rings (SSSR count). The highest BCUT2D eigenvalue weighted by Crippen LogP contribution is 2.27. The lowest BCUT2D eigenvalue weighted by atomic mass is 10.1. The Hall–Kier alpha value is -4.32. The van der Waals surface area contributed by atoms with Crippen LogP contribution in [0.3, 0.4) is 0 Å². The van der Waals surface area contributed by atoms with Gasteiger partial charge in [-0.25, -0.2) is 9.97 Å². The molecule has 0 spiro atoms. The second-order valence-corrected chi connectivity index (χ2v) is 8.18. The topological polar surface area (TPSA) is 132 Å². The molecule has 1 aliphatic heterocycles. The largest absolute Gasteiger partial charge is 0.497 e. The Morgan fingerprint density at radius 2 is 1.83 bits per heavy atom. The third-order valence-electron chi connectivity index (χ3n) is 5.79. The molecular weight excluding hydrogens is 476 g/mol. The molecule has 0 bridgehead atoms. The van der Waals surface area contributed by atoms with Gasteiger partial charge in [0.15, 0.2) is 17.0 Å². The van der Waals surface area contributed by atoms with Crippen LogP contribution in [0.2, 0.25) is 5.02 Å². The van der Waals surface area contributed by atoms with Crippen LogP contribution in [-0.2, 0) is 0 Å². The van der Waals surface area contributed by atoms with Gasteiger partial charge in [-0.2, -0.15) is 4.68 Å². The number of benzene rings is 2. The lowest BCUT2D eigenvalue weighted by Crippen LogP contribution is -2.49. The minimum Gasteiger partial charge on any atom is -0.497 e. The third-order valence-corrected chi connectivity index (χ3v) is 6.12. The molecule has 1 saturated heterocycles. The zero-order valence-electron chi connectivity index (χ0n) is 18.5. The number of non-ortho nitro benzene ring substituents is 1.